The third-order valence-electron chi connectivity index (χ3n) is 4.14. The number of aliphatic hydroxyl groups is 1. The van der Waals surface area contributed by atoms with Gasteiger partial charge in [-0.2, -0.15) is 0 Å². The van der Waals surface area contributed by atoms with E-state index >= 15 is 0 Å². The Labute approximate surface area is 93.7 Å². The van der Waals surface area contributed by atoms with Gasteiger partial charge in [0.05, 0.1) is 6.10 Å². The summed E-state index contributed by atoms with van der Waals surface area (Å²) in [6, 6.07) is 1.51. The smallest absolute Gasteiger partial charge is 0.0555 e. The highest BCUT2D eigenvalue weighted by atomic mass is 16.3. The Bertz CT molecular complexity index is 188. The average molecular weight is 211 g/mol. The van der Waals surface area contributed by atoms with E-state index in [1.807, 2.05) is 0 Å². The third kappa shape index (κ3) is 2.73. The number of nitrogens with zero attached hydrogens (tertiary/aromatic N) is 1. The molecular weight excluding hydrogens is 186 g/mol. The summed E-state index contributed by atoms with van der Waals surface area (Å²) in [5, 5.41) is 9.62. The van der Waals surface area contributed by atoms with E-state index in [1.54, 1.807) is 0 Å². The molecule has 0 spiro atoms. The van der Waals surface area contributed by atoms with Crippen molar-refractivity contribution in [2.45, 2.75) is 76.5 Å². The first kappa shape index (κ1) is 11.4. The fourth-order valence-electron chi connectivity index (χ4n) is 3.38. The summed E-state index contributed by atoms with van der Waals surface area (Å²) >= 11 is 0. The summed E-state index contributed by atoms with van der Waals surface area (Å²) in [6.07, 6.45) is 10.1. The van der Waals surface area contributed by atoms with Gasteiger partial charge in [0.2, 0.25) is 0 Å². The summed E-state index contributed by atoms with van der Waals surface area (Å²) in [5.41, 5.74) is 0. The van der Waals surface area contributed by atoms with Crippen LogP contribution in [-0.4, -0.2) is 34.7 Å². The van der Waals surface area contributed by atoms with Gasteiger partial charge in [0, 0.05) is 12.1 Å². The lowest BCUT2D eigenvalue weighted by Crippen LogP contribution is -2.45. The summed E-state index contributed by atoms with van der Waals surface area (Å²) in [5.74, 6) is 0. The highest BCUT2D eigenvalue weighted by Gasteiger charge is 2.32. The Hall–Kier alpha value is -0.0800. The largest absolute Gasteiger partial charge is 0.393 e. The van der Waals surface area contributed by atoms with Crippen LogP contribution >= 0.6 is 0 Å². The molecule has 2 rings (SSSR count). The molecule has 0 aromatic heterocycles. The second-order valence-corrected chi connectivity index (χ2v) is 5.30. The minimum Gasteiger partial charge on any atom is -0.393 e. The van der Waals surface area contributed by atoms with Crippen molar-refractivity contribution in [3.05, 3.63) is 0 Å². The van der Waals surface area contributed by atoms with Gasteiger partial charge in [0.1, 0.15) is 0 Å². The lowest BCUT2D eigenvalue weighted by Gasteiger charge is -2.40. The maximum atomic E-state index is 9.62. The zero-order valence-corrected chi connectivity index (χ0v) is 9.99. The number of likely N-dealkylation sites (tertiary alicyclic amines) is 1. The molecule has 0 amide bonds. The Balaban J connectivity index is 1.92. The van der Waals surface area contributed by atoms with Crippen LogP contribution in [0.25, 0.3) is 0 Å². The van der Waals surface area contributed by atoms with Crippen molar-refractivity contribution in [1.29, 1.82) is 0 Å². The van der Waals surface area contributed by atoms with E-state index in [1.165, 1.54) is 45.1 Å². The van der Waals surface area contributed by atoms with E-state index in [0.29, 0.717) is 6.04 Å². The molecule has 0 bridgehead atoms. The topological polar surface area (TPSA) is 23.5 Å². The molecule has 3 unspecified atom stereocenters. The molecule has 2 heteroatoms. The van der Waals surface area contributed by atoms with Gasteiger partial charge in [0.15, 0.2) is 0 Å². The highest BCUT2D eigenvalue weighted by molar-refractivity contribution is 4.88. The standard InChI is InChI=1S/C13H25NO/c1-2-5-11-6-3-4-9-14(11)12-7-8-13(15)10-12/h11-13,15H,2-10H2,1H3. The van der Waals surface area contributed by atoms with Gasteiger partial charge in [-0.05, 0) is 45.1 Å². The Morgan fingerprint density at radius 2 is 2.07 bits per heavy atom. The van der Waals surface area contributed by atoms with Gasteiger partial charge in [-0.25, -0.2) is 0 Å². The molecule has 1 heterocycles. The van der Waals surface area contributed by atoms with Crippen molar-refractivity contribution in [2.24, 2.45) is 0 Å². The van der Waals surface area contributed by atoms with E-state index in [4.69, 9.17) is 0 Å². The molecule has 0 aromatic carbocycles. The zero-order valence-electron chi connectivity index (χ0n) is 9.99. The molecule has 2 nitrogen and oxygen atoms in total. The van der Waals surface area contributed by atoms with Crippen molar-refractivity contribution in [3.8, 4) is 0 Å². The van der Waals surface area contributed by atoms with Crippen molar-refractivity contribution in [3.63, 3.8) is 0 Å². The van der Waals surface area contributed by atoms with Crippen LogP contribution in [0.1, 0.15) is 58.3 Å². The molecule has 1 saturated carbocycles. The zero-order chi connectivity index (χ0) is 10.7. The van der Waals surface area contributed by atoms with Gasteiger partial charge in [-0.15, -0.1) is 0 Å². The molecule has 88 valence electrons. The minimum absolute atomic E-state index is 0.0146. The quantitative estimate of drug-likeness (QED) is 0.775. The van der Waals surface area contributed by atoms with E-state index < -0.39 is 0 Å². The fourth-order valence-corrected chi connectivity index (χ4v) is 3.38. The molecule has 1 aliphatic carbocycles. The first-order valence-electron chi connectivity index (χ1n) is 6.75. The Morgan fingerprint density at radius 3 is 2.73 bits per heavy atom. The molecule has 0 aromatic rings. The average Bonchev–Trinajstić information content (AvgIpc) is 2.66. The molecule has 15 heavy (non-hydrogen) atoms. The van der Waals surface area contributed by atoms with Crippen molar-refractivity contribution in [1.82, 2.24) is 4.90 Å². The number of aliphatic hydroxyl groups excluding tert-OH is 1. The third-order valence-corrected chi connectivity index (χ3v) is 4.14. The monoisotopic (exact) mass is 211 g/mol. The maximum Gasteiger partial charge on any atom is 0.0555 e. The van der Waals surface area contributed by atoms with E-state index in [-0.39, 0.29) is 6.10 Å². The summed E-state index contributed by atoms with van der Waals surface area (Å²) in [4.78, 5) is 2.71. The summed E-state index contributed by atoms with van der Waals surface area (Å²) < 4.78 is 0. The molecule has 3 atom stereocenters. The van der Waals surface area contributed by atoms with Crippen LogP contribution in [0.2, 0.25) is 0 Å². The predicted octanol–water partition coefficient (Wildman–Crippen LogP) is 2.55. The van der Waals surface area contributed by atoms with Crippen LogP contribution in [0.5, 0.6) is 0 Å². The number of hydrogen-bond acceptors (Lipinski definition) is 2. The van der Waals surface area contributed by atoms with Gasteiger partial charge in [-0.3, -0.25) is 4.90 Å². The number of piperidine rings is 1. The van der Waals surface area contributed by atoms with Crippen LogP contribution in [0.4, 0.5) is 0 Å². The highest BCUT2D eigenvalue weighted by Crippen LogP contribution is 2.31. The van der Waals surface area contributed by atoms with Crippen LogP contribution in [0.3, 0.4) is 0 Å². The molecule has 0 radical (unpaired) electrons. The second-order valence-electron chi connectivity index (χ2n) is 5.30. The fraction of sp³-hybridized carbons (Fsp3) is 1.00. The molecule has 1 aliphatic heterocycles. The van der Waals surface area contributed by atoms with E-state index in [9.17, 15) is 5.11 Å². The first-order chi connectivity index (χ1) is 7.31. The van der Waals surface area contributed by atoms with Crippen molar-refractivity contribution in [2.75, 3.05) is 6.54 Å². The van der Waals surface area contributed by atoms with Crippen LogP contribution in [-0.2, 0) is 0 Å². The van der Waals surface area contributed by atoms with Gasteiger partial charge in [0.25, 0.3) is 0 Å². The summed E-state index contributed by atoms with van der Waals surface area (Å²) in [7, 11) is 0. The van der Waals surface area contributed by atoms with Crippen LogP contribution in [0, 0.1) is 0 Å². The normalized spacial score (nSPS) is 38.4. The van der Waals surface area contributed by atoms with E-state index in [0.717, 1.165) is 18.9 Å². The first-order valence-corrected chi connectivity index (χ1v) is 6.75. The Morgan fingerprint density at radius 1 is 1.20 bits per heavy atom. The van der Waals surface area contributed by atoms with Crippen LogP contribution < -0.4 is 0 Å². The van der Waals surface area contributed by atoms with Crippen molar-refractivity contribution < 1.29 is 5.11 Å². The molecular formula is C13H25NO. The maximum absolute atomic E-state index is 9.62. The molecule has 2 fully saturated rings. The molecule has 1 N–H and O–H groups in total. The van der Waals surface area contributed by atoms with E-state index in [2.05, 4.69) is 11.8 Å². The van der Waals surface area contributed by atoms with Gasteiger partial charge < -0.3 is 5.11 Å². The number of rotatable bonds is 3. The van der Waals surface area contributed by atoms with Gasteiger partial charge in [-0.1, -0.05) is 19.8 Å². The summed E-state index contributed by atoms with van der Waals surface area (Å²) in [6.45, 7) is 3.57. The second kappa shape index (κ2) is 5.31. The SMILES string of the molecule is CCCC1CCCCN1C1CCC(O)C1. The predicted molar refractivity (Wildman–Crippen MR) is 62.9 cm³/mol. The molecule has 2 aliphatic rings. The van der Waals surface area contributed by atoms with Crippen molar-refractivity contribution >= 4 is 0 Å². The lowest BCUT2D eigenvalue weighted by atomic mass is 9.96. The Kier molecular flexibility index (Phi) is 4.04. The lowest BCUT2D eigenvalue weighted by molar-refractivity contribution is 0.0802. The number of hydrogen-bond donors (Lipinski definition) is 1. The minimum atomic E-state index is -0.0146. The van der Waals surface area contributed by atoms with Gasteiger partial charge >= 0.3 is 0 Å². The molecule has 1 saturated heterocycles. The van der Waals surface area contributed by atoms with Crippen LogP contribution in [0.15, 0.2) is 0 Å².